The first kappa shape index (κ1) is 17.9. The number of amides is 2. The Kier molecular flexibility index (Phi) is 5.23. The van der Waals surface area contributed by atoms with Gasteiger partial charge >= 0.3 is 0 Å². The Hall–Kier alpha value is -1.53. The summed E-state index contributed by atoms with van der Waals surface area (Å²) in [4.78, 5) is 27.7. The van der Waals surface area contributed by atoms with Crippen LogP contribution < -0.4 is 11.1 Å². The summed E-state index contributed by atoms with van der Waals surface area (Å²) in [6, 6.07) is 7.56. The molecule has 5 nitrogen and oxygen atoms in total. The van der Waals surface area contributed by atoms with Gasteiger partial charge in [-0.05, 0) is 61.8 Å². The van der Waals surface area contributed by atoms with E-state index in [0.29, 0.717) is 6.42 Å². The lowest BCUT2D eigenvalue weighted by Crippen LogP contribution is -2.58. The van der Waals surface area contributed by atoms with Crippen molar-refractivity contribution >= 4 is 23.6 Å². The largest absolute Gasteiger partial charge is 0.347 e. The SMILES string of the molecule is NC1CCS[C@H]2CCCC(C(=O)N[C@@H]3CCCc4ccccc43)N2C1=O. The second-order valence-corrected chi connectivity index (χ2v) is 8.85. The molecule has 2 heterocycles. The molecule has 2 saturated heterocycles. The molecule has 2 aliphatic heterocycles. The molecular formula is C20H27N3O2S. The number of nitrogens with one attached hydrogen (secondary N) is 1. The third-order valence-corrected chi connectivity index (χ3v) is 7.19. The molecule has 3 N–H and O–H groups in total. The first-order valence-electron chi connectivity index (χ1n) is 9.72. The summed E-state index contributed by atoms with van der Waals surface area (Å²) in [6.07, 6.45) is 6.48. The van der Waals surface area contributed by atoms with Crippen molar-refractivity contribution in [3.8, 4) is 0 Å². The molecule has 1 aromatic carbocycles. The predicted molar refractivity (Wildman–Crippen MR) is 104 cm³/mol. The molecule has 140 valence electrons. The smallest absolute Gasteiger partial charge is 0.243 e. The monoisotopic (exact) mass is 373 g/mol. The zero-order chi connectivity index (χ0) is 18.1. The molecule has 6 heteroatoms. The van der Waals surface area contributed by atoms with E-state index in [1.807, 2.05) is 6.07 Å². The Balaban J connectivity index is 1.53. The molecule has 2 amide bonds. The fourth-order valence-electron chi connectivity index (χ4n) is 4.50. The van der Waals surface area contributed by atoms with Crippen LogP contribution in [0.1, 0.15) is 55.7 Å². The minimum Gasteiger partial charge on any atom is -0.347 e. The molecule has 0 radical (unpaired) electrons. The molecule has 3 aliphatic rings. The van der Waals surface area contributed by atoms with Crippen LogP contribution in [-0.4, -0.2) is 39.9 Å². The summed E-state index contributed by atoms with van der Waals surface area (Å²) in [5.41, 5.74) is 8.62. The van der Waals surface area contributed by atoms with Crippen molar-refractivity contribution in [2.45, 2.75) is 68.4 Å². The van der Waals surface area contributed by atoms with E-state index in [0.717, 1.165) is 44.3 Å². The van der Waals surface area contributed by atoms with Crippen LogP contribution in [0.4, 0.5) is 0 Å². The summed E-state index contributed by atoms with van der Waals surface area (Å²) in [5.74, 6) is 0.821. The van der Waals surface area contributed by atoms with E-state index in [4.69, 9.17) is 5.73 Å². The van der Waals surface area contributed by atoms with Gasteiger partial charge in [0.05, 0.1) is 17.5 Å². The number of aryl methyl sites for hydroxylation is 1. The van der Waals surface area contributed by atoms with Crippen LogP contribution in [-0.2, 0) is 16.0 Å². The summed E-state index contributed by atoms with van der Waals surface area (Å²) < 4.78 is 0. The zero-order valence-corrected chi connectivity index (χ0v) is 15.8. The van der Waals surface area contributed by atoms with Gasteiger partial charge < -0.3 is 16.0 Å². The van der Waals surface area contributed by atoms with E-state index in [1.165, 1.54) is 11.1 Å². The minimum absolute atomic E-state index is 0.0144. The van der Waals surface area contributed by atoms with Crippen molar-refractivity contribution in [3.63, 3.8) is 0 Å². The van der Waals surface area contributed by atoms with Crippen molar-refractivity contribution in [1.29, 1.82) is 0 Å². The number of hydrogen-bond donors (Lipinski definition) is 2. The highest BCUT2D eigenvalue weighted by atomic mass is 32.2. The standard InChI is InChI=1S/C20H27N3O2S/c21-15-11-12-26-18-10-4-9-17(23(18)20(15)25)19(24)22-16-8-3-6-13-5-1-2-7-14(13)16/h1-2,5,7,15-18H,3-4,6,8-12,21H2,(H,22,24)/t15?,16-,17?,18+/m1/s1. The van der Waals surface area contributed by atoms with Crippen molar-refractivity contribution in [2.75, 3.05) is 5.75 Å². The lowest BCUT2D eigenvalue weighted by Gasteiger charge is -2.41. The molecule has 4 rings (SSSR count). The normalized spacial score (nSPS) is 31.6. The van der Waals surface area contributed by atoms with Gasteiger partial charge in [0.15, 0.2) is 0 Å². The maximum absolute atomic E-state index is 13.1. The number of nitrogens with two attached hydrogens (primary N) is 1. The topological polar surface area (TPSA) is 75.4 Å². The number of nitrogens with zero attached hydrogens (tertiary/aromatic N) is 1. The molecule has 4 atom stereocenters. The van der Waals surface area contributed by atoms with Crippen molar-refractivity contribution in [1.82, 2.24) is 10.2 Å². The third kappa shape index (κ3) is 3.37. The molecule has 0 spiro atoms. The van der Waals surface area contributed by atoms with Crippen LogP contribution in [0.2, 0.25) is 0 Å². The second-order valence-electron chi connectivity index (χ2n) is 7.57. The highest BCUT2D eigenvalue weighted by Gasteiger charge is 2.42. The molecule has 26 heavy (non-hydrogen) atoms. The lowest BCUT2D eigenvalue weighted by atomic mass is 9.87. The van der Waals surface area contributed by atoms with Gasteiger partial charge in [-0.15, -0.1) is 11.8 Å². The number of piperidine rings is 1. The third-order valence-electron chi connectivity index (χ3n) is 5.87. The summed E-state index contributed by atoms with van der Waals surface area (Å²) in [6.45, 7) is 0. The first-order valence-corrected chi connectivity index (χ1v) is 10.8. The zero-order valence-electron chi connectivity index (χ0n) is 15.0. The average molecular weight is 374 g/mol. The quantitative estimate of drug-likeness (QED) is 0.834. The predicted octanol–water partition coefficient (Wildman–Crippen LogP) is 2.35. The number of carbonyl (C=O) groups excluding carboxylic acids is 2. The van der Waals surface area contributed by atoms with Gasteiger partial charge in [0.1, 0.15) is 6.04 Å². The van der Waals surface area contributed by atoms with Gasteiger partial charge in [-0.25, -0.2) is 0 Å². The number of thioether (sulfide) groups is 1. The Bertz CT molecular complexity index is 695. The van der Waals surface area contributed by atoms with Gasteiger partial charge in [-0.3, -0.25) is 9.59 Å². The average Bonchev–Trinajstić information content (AvgIpc) is 2.81. The van der Waals surface area contributed by atoms with Crippen LogP contribution >= 0.6 is 11.8 Å². The molecule has 2 unspecified atom stereocenters. The Morgan fingerprint density at radius 2 is 2.00 bits per heavy atom. The van der Waals surface area contributed by atoms with E-state index < -0.39 is 6.04 Å². The number of hydrogen-bond acceptors (Lipinski definition) is 4. The van der Waals surface area contributed by atoms with Crippen LogP contribution in [0.15, 0.2) is 24.3 Å². The summed E-state index contributed by atoms with van der Waals surface area (Å²) in [5, 5.41) is 3.35. The van der Waals surface area contributed by atoms with Gasteiger partial charge in [0.2, 0.25) is 11.8 Å². The van der Waals surface area contributed by atoms with Crippen molar-refractivity contribution in [2.24, 2.45) is 5.73 Å². The maximum Gasteiger partial charge on any atom is 0.243 e. The van der Waals surface area contributed by atoms with Gasteiger partial charge in [-0.1, -0.05) is 24.3 Å². The molecule has 1 aliphatic carbocycles. The van der Waals surface area contributed by atoms with Gasteiger partial charge in [-0.2, -0.15) is 0 Å². The lowest BCUT2D eigenvalue weighted by molar-refractivity contribution is -0.144. The minimum atomic E-state index is -0.476. The van der Waals surface area contributed by atoms with Crippen LogP contribution in [0.5, 0.6) is 0 Å². The van der Waals surface area contributed by atoms with Crippen LogP contribution in [0.25, 0.3) is 0 Å². The maximum atomic E-state index is 13.1. The van der Waals surface area contributed by atoms with Gasteiger partial charge in [0, 0.05) is 0 Å². The molecule has 0 bridgehead atoms. The molecule has 1 aromatic rings. The Morgan fingerprint density at radius 1 is 1.15 bits per heavy atom. The van der Waals surface area contributed by atoms with E-state index in [2.05, 4.69) is 23.5 Å². The molecule has 0 saturated carbocycles. The molecular weight excluding hydrogens is 346 g/mol. The van der Waals surface area contributed by atoms with Crippen LogP contribution in [0.3, 0.4) is 0 Å². The Morgan fingerprint density at radius 3 is 2.88 bits per heavy atom. The van der Waals surface area contributed by atoms with Crippen molar-refractivity contribution in [3.05, 3.63) is 35.4 Å². The van der Waals surface area contributed by atoms with E-state index in [-0.39, 0.29) is 29.3 Å². The van der Waals surface area contributed by atoms with Crippen LogP contribution in [0, 0.1) is 0 Å². The van der Waals surface area contributed by atoms with E-state index in [1.54, 1.807) is 16.7 Å². The first-order chi connectivity index (χ1) is 12.6. The summed E-state index contributed by atoms with van der Waals surface area (Å²) in [7, 11) is 0. The van der Waals surface area contributed by atoms with E-state index in [9.17, 15) is 9.59 Å². The highest BCUT2D eigenvalue weighted by molar-refractivity contribution is 7.99. The summed E-state index contributed by atoms with van der Waals surface area (Å²) >= 11 is 1.78. The molecule has 0 aromatic heterocycles. The number of benzene rings is 1. The number of rotatable bonds is 2. The number of carbonyl (C=O) groups is 2. The Labute approximate surface area is 159 Å². The fourth-order valence-corrected chi connectivity index (χ4v) is 5.91. The fraction of sp³-hybridized carbons (Fsp3) is 0.600. The molecule has 2 fully saturated rings. The second kappa shape index (κ2) is 7.61. The van der Waals surface area contributed by atoms with Gasteiger partial charge in [0.25, 0.3) is 0 Å². The highest BCUT2D eigenvalue weighted by Crippen LogP contribution is 2.35. The van der Waals surface area contributed by atoms with Crippen molar-refractivity contribution < 1.29 is 9.59 Å². The van der Waals surface area contributed by atoms with E-state index >= 15 is 0 Å². The number of fused-ring (bicyclic) bond motifs is 2.